The minimum Gasteiger partial charge on any atom is -0.483 e. The molecule has 0 spiro atoms. The molecule has 1 atom stereocenters. The predicted octanol–water partition coefficient (Wildman–Crippen LogP) is 2.74. The largest absolute Gasteiger partial charge is 0.483 e. The lowest BCUT2D eigenvalue weighted by molar-refractivity contribution is -0.124. The molecule has 0 aliphatic heterocycles. The lowest BCUT2D eigenvalue weighted by Gasteiger charge is -2.21. The van der Waals surface area contributed by atoms with E-state index in [-0.39, 0.29) is 30.0 Å². The minimum atomic E-state index is -0.584. The average molecular weight is 332 g/mol. The maximum atomic E-state index is 12.2. The summed E-state index contributed by atoms with van der Waals surface area (Å²) in [5.74, 6) is -0.251. The fourth-order valence-electron chi connectivity index (χ4n) is 2.19. The molecule has 2 amide bonds. The Morgan fingerprint density at radius 2 is 1.96 bits per heavy atom. The van der Waals surface area contributed by atoms with Gasteiger partial charge in [0.25, 0.3) is 11.8 Å². The molecule has 0 fully saturated rings. The number of benzene rings is 1. The molecule has 122 valence electrons. The molecule has 2 aromatic rings. The van der Waals surface area contributed by atoms with Gasteiger partial charge in [0.05, 0.1) is 11.6 Å². The first-order valence-electron chi connectivity index (χ1n) is 7.33. The van der Waals surface area contributed by atoms with Gasteiger partial charge in [-0.25, -0.2) is 0 Å². The van der Waals surface area contributed by atoms with Crippen molar-refractivity contribution in [2.24, 2.45) is 11.7 Å². The Morgan fingerprint density at radius 3 is 2.57 bits per heavy atom. The molecule has 0 aliphatic rings. The lowest BCUT2D eigenvalue weighted by atomic mass is 10.0. The second kappa shape index (κ2) is 7.78. The SMILES string of the molecule is CC(C)[C@@H](NC(=O)COc1ccccc1C(N)=O)c1cccs1. The summed E-state index contributed by atoms with van der Waals surface area (Å²) in [6, 6.07) is 10.5. The van der Waals surface area contributed by atoms with E-state index in [1.54, 1.807) is 35.6 Å². The summed E-state index contributed by atoms with van der Waals surface area (Å²) >= 11 is 1.61. The standard InChI is InChI=1S/C17H20N2O3S/c1-11(2)16(14-8-5-9-23-14)19-15(20)10-22-13-7-4-3-6-12(13)17(18)21/h3-9,11,16H,10H2,1-2H3,(H2,18,21)(H,19,20)/t16-/m1/s1. The predicted molar refractivity (Wildman–Crippen MR) is 90.5 cm³/mol. The Hall–Kier alpha value is -2.34. The van der Waals surface area contributed by atoms with Crippen molar-refractivity contribution in [2.45, 2.75) is 19.9 Å². The first kappa shape index (κ1) is 17.0. The van der Waals surface area contributed by atoms with Crippen LogP contribution in [-0.2, 0) is 4.79 Å². The number of primary amides is 1. The summed E-state index contributed by atoms with van der Waals surface area (Å²) in [5.41, 5.74) is 5.55. The number of para-hydroxylation sites is 1. The third-order valence-electron chi connectivity index (χ3n) is 3.34. The highest BCUT2D eigenvalue weighted by atomic mass is 32.1. The van der Waals surface area contributed by atoms with Crippen molar-refractivity contribution in [3.8, 4) is 5.75 Å². The topological polar surface area (TPSA) is 81.4 Å². The van der Waals surface area contributed by atoms with Crippen molar-refractivity contribution in [3.63, 3.8) is 0 Å². The van der Waals surface area contributed by atoms with Gasteiger partial charge < -0.3 is 15.8 Å². The summed E-state index contributed by atoms with van der Waals surface area (Å²) in [4.78, 5) is 24.6. The van der Waals surface area contributed by atoms with E-state index in [9.17, 15) is 9.59 Å². The van der Waals surface area contributed by atoms with Gasteiger partial charge in [-0.2, -0.15) is 0 Å². The van der Waals surface area contributed by atoms with Gasteiger partial charge in [-0.3, -0.25) is 9.59 Å². The zero-order chi connectivity index (χ0) is 16.8. The number of carbonyl (C=O) groups excluding carboxylic acids is 2. The summed E-state index contributed by atoms with van der Waals surface area (Å²) in [6.07, 6.45) is 0. The molecule has 1 heterocycles. The van der Waals surface area contributed by atoms with Crippen LogP contribution >= 0.6 is 11.3 Å². The van der Waals surface area contributed by atoms with Crippen LogP contribution in [0.15, 0.2) is 41.8 Å². The van der Waals surface area contributed by atoms with Crippen LogP contribution in [0.4, 0.5) is 0 Å². The lowest BCUT2D eigenvalue weighted by Crippen LogP contribution is -2.35. The number of carbonyl (C=O) groups is 2. The van der Waals surface area contributed by atoms with E-state index in [1.165, 1.54) is 0 Å². The molecule has 5 nitrogen and oxygen atoms in total. The molecule has 6 heteroatoms. The second-order valence-corrected chi connectivity index (χ2v) is 6.43. The van der Waals surface area contributed by atoms with Gasteiger partial charge in [0.1, 0.15) is 5.75 Å². The minimum absolute atomic E-state index is 0.0579. The van der Waals surface area contributed by atoms with Crippen LogP contribution in [-0.4, -0.2) is 18.4 Å². The van der Waals surface area contributed by atoms with E-state index in [0.717, 1.165) is 4.88 Å². The molecule has 2 rings (SSSR count). The third kappa shape index (κ3) is 4.56. The Kier molecular flexibility index (Phi) is 5.76. The van der Waals surface area contributed by atoms with Crippen molar-refractivity contribution in [1.29, 1.82) is 0 Å². The molecule has 0 saturated carbocycles. The molecule has 0 bridgehead atoms. The average Bonchev–Trinajstić information content (AvgIpc) is 3.04. The Bertz CT molecular complexity index is 668. The van der Waals surface area contributed by atoms with E-state index >= 15 is 0 Å². The first-order valence-corrected chi connectivity index (χ1v) is 8.21. The third-order valence-corrected chi connectivity index (χ3v) is 4.30. The summed E-state index contributed by atoms with van der Waals surface area (Å²) in [5, 5.41) is 4.95. The fraction of sp³-hybridized carbons (Fsp3) is 0.294. The highest BCUT2D eigenvalue weighted by molar-refractivity contribution is 7.10. The number of thiophene rings is 1. The molecule has 0 radical (unpaired) electrons. The van der Waals surface area contributed by atoms with Crippen molar-refractivity contribution in [2.75, 3.05) is 6.61 Å². The van der Waals surface area contributed by atoms with Gasteiger partial charge in [-0.1, -0.05) is 32.0 Å². The zero-order valence-electron chi connectivity index (χ0n) is 13.1. The van der Waals surface area contributed by atoms with Crippen LogP contribution in [0.1, 0.15) is 35.1 Å². The van der Waals surface area contributed by atoms with Gasteiger partial charge in [0.15, 0.2) is 6.61 Å². The number of nitrogens with two attached hydrogens (primary N) is 1. The van der Waals surface area contributed by atoms with Gasteiger partial charge in [0, 0.05) is 4.88 Å². The van der Waals surface area contributed by atoms with Crippen LogP contribution < -0.4 is 15.8 Å². The molecule has 0 saturated heterocycles. The first-order chi connectivity index (χ1) is 11.0. The molecule has 23 heavy (non-hydrogen) atoms. The van der Waals surface area contributed by atoms with Crippen molar-refractivity contribution in [1.82, 2.24) is 5.32 Å². The number of hydrogen-bond acceptors (Lipinski definition) is 4. The molecular formula is C17H20N2O3S. The van der Waals surface area contributed by atoms with Crippen molar-refractivity contribution in [3.05, 3.63) is 52.2 Å². The summed E-state index contributed by atoms with van der Waals surface area (Å²) in [6.45, 7) is 3.93. The van der Waals surface area contributed by atoms with Crippen molar-refractivity contribution < 1.29 is 14.3 Å². The Balaban J connectivity index is 1.99. The fourth-order valence-corrected chi connectivity index (χ4v) is 3.14. The Morgan fingerprint density at radius 1 is 1.22 bits per heavy atom. The van der Waals surface area contributed by atoms with Gasteiger partial charge in [-0.05, 0) is 29.5 Å². The number of amides is 2. The van der Waals surface area contributed by atoms with E-state index in [4.69, 9.17) is 10.5 Å². The van der Waals surface area contributed by atoms with E-state index < -0.39 is 5.91 Å². The molecule has 0 aliphatic carbocycles. The Labute approximate surface area is 139 Å². The normalized spacial score (nSPS) is 12.0. The number of rotatable bonds is 7. The molecule has 1 aromatic carbocycles. The quantitative estimate of drug-likeness (QED) is 0.818. The highest BCUT2D eigenvalue weighted by Crippen LogP contribution is 2.25. The van der Waals surface area contributed by atoms with Gasteiger partial charge in [0.2, 0.25) is 0 Å². The second-order valence-electron chi connectivity index (χ2n) is 5.45. The van der Waals surface area contributed by atoms with Crippen LogP contribution in [0.3, 0.4) is 0 Å². The highest BCUT2D eigenvalue weighted by Gasteiger charge is 2.19. The summed E-state index contributed by atoms with van der Waals surface area (Å²) in [7, 11) is 0. The molecule has 1 aromatic heterocycles. The van der Waals surface area contributed by atoms with Gasteiger partial charge in [-0.15, -0.1) is 11.3 Å². The van der Waals surface area contributed by atoms with E-state index in [1.807, 2.05) is 31.4 Å². The van der Waals surface area contributed by atoms with Crippen molar-refractivity contribution >= 4 is 23.2 Å². The van der Waals surface area contributed by atoms with Gasteiger partial charge >= 0.3 is 0 Å². The summed E-state index contributed by atoms with van der Waals surface area (Å²) < 4.78 is 5.45. The van der Waals surface area contributed by atoms with E-state index in [0.29, 0.717) is 5.75 Å². The smallest absolute Gasteiger partial charge is 0.258 e. The molecular weight excluding hydrogens is 312 g/mol. The number of nitrogens with one attached hydrogen (secondary N) is 1. The van der Waals surface area contributed by atoms with Crippen LogP contribution in [0.25, 0.3) is 0 Å². The van der Waals surface area contributed by atoms with Crippen LogP contribution in [0.2, 0.25) is 0 Å². The van der Waals surface area contributed by atoms with Crippen LogP contribution in [0, 0.1) is 5.92 Å². The maximum Gasteiger partial charge on any atom is 0.258 e. The van der Waals surface area contributed by atoms with Crippen LogP contribution in [0.5, 0.6) is 5.75 Å². The number of hydrogen-bond donors (Lipinski definition) is 2. The van der Waals surface area contributed by atoms with E-state index in [2.05, 4.69) is 5.32 Å². The molecule has 0 unspecified atom stereocenters. The molecule has 3 N–H and O–H groups in total. The zero-order valence-corrected chi connectivity index (χ0v) is 13.9. The monoisotopic (exact) mass is 332 g/mol. The maximum absolute atomic E-state index is 12.2. The number of ether oxygens (including phenoxy) is 1.